The highest BCUT2D eigenvalue weighted by atomic mass is 35.5. The molecule has 0 saturated carbocycles. The van der Waals surface area contributed by atoms with Gasteiger partial charge < -0.3 is 4.90 Å². The van der Waals surface area contributed by atoms with E-state index in [-0.39, 0.29) is 0 Å². The normalized spacial score (nSPS) is 11.1. The zero-order valence-corrected chi connectivity index (χ0v) is 11.3. The molecule has 16 heavy (non-hydrogen) atoms. The summed E-state index contributed by atoms with van der Waals surface area (Å²) in [5.41, 5.74) is 4.22. The molecule has 1 nitrogen and oxygen atoms in total. The summed E-state index contributed by atoms with van der Waals surface area (Å²) < 4.78 is 0. The second-order valence-corrected chi connectivity index (χ2v) is 4.90. The molecule has 0 aliphatic heterocycles. The summed E-state index contributed by atoms with van der Waals surface area (Å²) >= 11 is 5.68. The number of hydrogen-bond acceptors (Lipinski definition) is 1. The minimum Gasteiger partial charge on any atom is -0.306 e. The van der Waals surface area contributed by atoms with E-state index in [1.54, 1.807) is 0 Å². The molecule has 0 atom stereocenters. The summed E-state index contributed by atoms with van der Waals surface area (Å²) in [5.74, 6) is 0.758. The Balaban J connectivity index is 2.44. The first-order valence-corrected chi connectivity index (χ1v) is 6.47. The van der Waals surface area contributed by atoms with Crippen LogP contribution in [0.2, 0.25) is 0 Å². The van der Waals surface area contributed by atoms with E-state index in [0.29, 0.717) is 0 Å². The fraction of sp³-hybridized carbons (Fsp3) is 0.571. The molecule has 1 rings (SSSR count). The molecule has 0 aromatic heterocycles. The van der Waals surface area contributed by atoms with Crippen LogP contribution in [-0.4, -0.2) is 30.9 Å². The van der Waals surface area contributed by atoms with Gasteiger partial charge in [0.25, 0.3) is 0 Å². The highest BCUT2D eigenvalue weighted by molar-refractivity contribution is 6.17. The fourth-order valence-electron chi connectivity index (χ4n) is 1.82. The molecular formula is C14H22ClN. The molecular weight excluding hydrogens is 218 g/mol. The van der Waals surface area contributed by atoms with E-state index >= 15 is 0 Å². The van der Waals surface area contributed by atoms with Gasteiger partial charge >= 0.3 is 0 Å². The van der Waals surface area contributed by atoms with Gasteiger partial charge in [-0.2, -0.15) is 0 Å². The van der Waals surface area contributed by atoms with Gasteiger partial charge in [0.2, 0.25) is 0 Å². The van der Waals surface area contributed by atoms with Crippen molar-refractivity contribution in [2.75, 3.05) is 26.0 Å². The molecule has 0 aliphatic carbocycles. The molecule has 2 heteroatoms. The van der Waals surface area contributed by atoms with Crippen molar-refractivity contribution in [3.05, 3.63) is 34.9 Å². The minimum atomic E-state index is 0.758. The lowest BCUT2D eigenvalue weighted by Gasteiger charge is -2.16. The third kappa shape index (κ3) is 4.54. The number of nitrogens with zero attached hydrogens (tertiary/aromatic N) is 1. The van der Waals surface area contributed by atoms with Crippen LogP contribution < -0.4 is 0 Å². The summed E-state index contributed by atoms with van der Waals surface area (Å²) in [5, 5.41) is 0. The van der Waals surface area contributed by atoms with Crippen molar-refractivity contribution in [3.8, 4) is 0 Å². The van der Waals surface area contributed by atoms with Crippen LogP contribution in [0, 0.1) is 13.8 Å². The van der Waals surface area contributed by atoms with Gasteiger partial charge in [-0.3, -0.25) is 0 Å². The minimum absolute atomic E-state index is 0.758. The molecule has 0 amide bonds. The van der Waals surface area contributed by atoms with Crippen LogP contribution in [0.5, 0.6) is 0 Å². The van der Waals surface area contributed by atoms with Gasteiger partial charge in [0.1, 0.15) is 0 Å². The van der Waals surface area contributed by atoms with E-state index in [1.807, 2.05) is 0 Å². The van der Waals surface area contributed by atoms with Crippen molar-refractivity contribution in [3.63, 3.8) is 0 Å². The van der Waals surface area contributed by atoms with Crippen LogP contribution >= 0.6 is 11.6 Å². The first-order valence-electron chi connectivity index (χ1n) is 5.94. The Morgan fingerprint density at radius 3 is 2.62 bits per heavy atom. The van der Waals surface area contributed by atoms with Crippen LogP contribution in [0.3, 0.4) is 0 Å². The molecule has 0 fully saturated rings. The highest BCUT2D eigenvalue weighted by Gasteiger charge is 2.02. The molecule has 0 unspecified atom stereocenters. The van der Waals surface area contributed by atoms with Crippen molar-refractivity contribution < 1.29 is 0 Å². The van der Waals surface area contributed by atoms with Gasteiger partial charge in [0.05, 0.1) is 0 Å². The average Bonchev–Trinajstić information content (AvgIpc) is 2.27. The molecule has 0 aliphatic rings. The number of alkyl halides is 1. The third-order valence-electron chi connectivity index (χ3n) is 2.94. The Bertz CT molecular complexity index is 323. The van der Waals surface area contributed by atoms with Crippen molar-refractivity contribution in [2.24, 2.45) is 0 Å². The highest BCUT2D eigenvalue weighted by Crippen LogP contribution is 2.11. The van der Waals surface area contributed by atoms with Crippen LogP contribution in [0.15, 0.2) is 18.2 Å². The van der Waals surface area contributed by atoms with Crippen molar-refractivity contribution in [2.45, 2.75) is 26.7 Å². The largest absolute Gasteiger partial charge is 0.306 e. The van der Waals surface area contributed by atoms with E-state index in [1.165, 1.54) is 16.7 Å². The van der Waals surface area contributed by atoms with E-state index in [2.05, 4.69) is 44.0 Å². The topological polar surface area (TPSA) is 3.24 Å². The third-order valence-corrected chi connectivity index (χ3v) is 3.21. The molecule has 90 valence electrons. The number of hydrogen-bond donors (Lipinski definition) is 0. The summed E-state index contributed by atoms with van der Waals surface area (Å²) in [4.78, 5) is 2.35. The maximum absolute atomic E-state index is 5.68. The lowest BCUT2D eigenvalue weighted by Crippen LogP contribution is -2.22. The quantitative estimate of drug-likeness (QED) is 0.688. The monoisotopic (exact) mass is 239 g/mol. The number of benzene rings is 1. The first kappa shape index (κ1) is 13.5. The Kier molecular flexibility index (Phi) is 5.86. The van der Waals surface area contributed by atoms with Crippen molar-refractivity contribution in [1.82, 2.24) is 4.90 Å². The van der Waals surface area contributed by atoms with Crippen LogP contribution in [0.4, 0.5) is 0 Å². The second kappa shape index (κ2) is 6.93. The molecule has 0 saturated heterocycles. The maximum Gasteiger partial charge on any atom is 0.0235 e. The SMILES string of the molecule is Cc1ccc(C)c(CCN(C)CCCCl)c1. The Morgan fingerprint density at radius 1 is 1.19 bits per heavy atom. The number of aryl methyl sites for hydroxylation is 2. The standard InChI is InChI=1S/C14H22ClN/c1-12-5-6-13(2)14(11-12)7-10-16(3)9-4-8-15/h5-6,11H,4,7-10H2,1-3H3. The predicted molar refractivity (Wildman–Crippen MR) is 72.5 cm³/mol. The number of likely N-dealkylation sites (N-methyl/N-ethyl adjacent to an activating group) is 1. The number of rotatable bonds is 6. The van der Waals surface area contributed by atoms with Gasteiger partial charge in [0, 0.05) is 12.4 Å². The van der Waals surface area contributed by atoms with Crippen LogP contribution in [0.25, 0.3) is 0 Å². The predicted octanol–water partition coefficient (Wildman–Crippen LogP) is 3.41. The zero-order valence-electron chi connectivity index (χ0n) is 10.6. The Hall–Kier alpha value is -0.530. The lowest BCUT2D eigenvalue weighted by atomic mass is 10.0. The molecule has 0 spiro atoms. The van der Waals surface area contributed by atoms with Gasteiger partial charge in [0.15, 0.2) is 0 Å². The average molecular weight is 240 g/mol. The van der Waals surface area contributed by atoms with Crippen LogP contribution in [0.1, 0.15) is 23.1 Å². The Labute approximate surface area is 104 Å². The van der Waals surface area contributed by atoms with Gasteiger partial charge in [-0.25, -0.2) is 0 Å². The first-order chi connectivity index (χ1) is 7.63. The lowest BCUT2D eigenvalue weighted by molar-refractivity contribution is 0.339. The van der Waals surface area contributed by atoms with E-state index in [0.717, 1.165) is 31.8 Å². The van der Waals surface area contributed by atoms with Crippen molar-refractivity contribution in [1.29, 1.82) is 0 Å². The molecule has 1 aromatic rings. The second-order valence-electron chi connectivity index (χ2n) is 4.53. The summed E-state index contributed by atoms with van der Waals surface area (Å²) in [6, 6.07) is 6.68. The summed E-state index contributed by atoms with van der Waals surface area (Å²) in [7, 11) is 2.16. The van der Waals surface area contributed by atoms with Crippen molar-refractivity contribution >= 4 is 11.6 Å². The van der Waals surface area contributed by atoms with Gasteiger partial charge in [-0.15, -0.1) is 11.6 Å². The Morgan fingerprint density at radius 2 is 1.94 bits per heavy atom. The van der Waals surface area contributed by atoms with E-state index in [9.17, 15) is 0 Å². The zero-order chi connectivity index (χ0) is 12.0. The summed E-state index contributed by atoms with van der Waals surface area (Å²) in [6.45, 7) is 6.54. The number of halogens is 1. The molecule has 0 N–H and O–H groups in total. The fourth-order valence-corrected chi connectivity index (χ4v) is 1.94. The van der Waals surface area contributed by atoms with Gasteiger partial charge in [-0.05, 0) is 51.4 Å². The molecule has 0 bridgehead atoms. The molecule has 0 radical (unpaired) electrons. The van der Waals surface area contributed by atoms with Crippen LogP contribution in [-0.2, 0) is 6.42 Å². The smallest absolute Gasteiger partial charge is 0.0235 e. The van der Waals surface area contributed by atoms with E-state index in [4.69, 9.17) is 11.6 Å². The maximum atomic E-state index is 5.68. The van der Waals surface area contributed by atoms with E-state index < -0.39 is 0 Å². The summed E-state index contributed by atoms with van der Waals surface area (Å²) in [6.07, 6.45) is 2.21. The molecule has 0 heterocycles. The van der Waals surface area contributed by atoms with Gasteiger partial charge in [-0.1, -0.05) is 23.8 Å². The molecule has 1 aromatic carbocycles.